The number of nitro groups is 1. The zero-order valence-electron chi connectivity index (χ0n) is 16.8. The maximum absolute atomic E-state index is 13.4. The summed E-state index contributed by atoms with van der Waals surface area (Å²) in [5.74, 6) is -0.252. The third kappa shape index (κ3) is 4.40. The Bertz CT molecular complexity index is 1100. The second-order valence-corrected chi connectivity index (χ2v) is 9.35. The molecule has 4 rings (SSSR count). The lowest BCUT2D eigenvalue weighted by Gasteiger charge is -2.44. The lowest BCUT2D eigenvalue weighted by atomic mass is 9.89. The van der Waals surface area contributed by atoms with Gasteiger partial charge in [-0.1, -0.05) is 31.0 Å². The topological polar surface area (TPSA) is 119 Å². The summed E-state index contributed by atoms with van der Waals surface area (Å²) in [6, 6.07) is 11.2. The van der Waals surface area contributed by atoms with E-state index in [1.165, 1.54) is 24.3 Å². The molecule has 0 bridgehead atoms. The van der Waals surface area contributed by atoms with Crippen LogP contribution in [0.15, 0.2) is 53.4 Å². The van der Waals surface area contributed by atoms with E-state index in [0.717, 1.165) is 31.7 Å². The number of nitrogens with zero attached hydrogens (tertiary/aromatic N) is 2. The van der Waals surface area contributed by atoms with E-state index < -0.39 is 14.9 Å². The molecule has 2 unspecified atom stereocenters. The molecule has 1 saturated heterocycles. The molecule has 2 aliphatic rings. The number of amides is 1. The van der Waals surface area contributed by atoms with Crippen molar-refractivity contribution in [2.75, 3.05) is 17.9 Å². The largest absolute Gasteiger partial charge is 0.374 e. The SMILES string of the molecule is O=C(c1ccccc1NS(=O)(=O)c1cccc([N+](=O)[O-])c1)N1CCOC2CCCCC21. The third-order valence-corrected chi connectivity index (χ3v) is 7.10. The molecule has 0 aromatic heterocycles. The van der Waals surface area contributed by atoms with Gasteiger partial charge in [0.1, 0.15) is 0 Å². The minimum Gasteiger partial charge on any atom is -0.374 e. The standard InChI is InChI=1S/C21H23N3O6S/c25-21(23-12-13-30-20-11-4-3-10-19(20)23)17-8-1-2-9-18(17)22-31(28,29)16-7-5-6-15(14-16)24(26)27/h1-2,5-9,14,19-20,22H,3-4,10-13H2. The Morgan fingerprint density at radius 1 is 1.13 bits per heavy atom. The number of ether oxygens (including phenoxy) is 1. The Labute approximate surface area is 180 Å². The molecule has 1 amide bonds. The minimum absolute atomic E-state index is 0.0140. The first-order chi connectivity index (χ1) is 14.9. The van der Waals surface area contributed by atoms with E-state index in [9.17, 15) is 23.3 Å². The summed E-state index contributed by atoms with van der Waals surface area (Å²) in [4.78, 5) is 25.3. The molecule has 2 atom stereocenters. The molecule has 164 valence electrons. The van der Waals surface area contributed by atoms with Crippen molar-refractivity contribution in [3.05, 3.63) is 64.2 Å². The number of anilines is 1. The number of carbonyl (C=O) groups excluding carboxylic acids is 1. The molecule has 2 aromatic rings. The minimum atomic E-state index is -4.13. The van der Waals surface area contributed by atoms with Crippen LogP contribution in [0.25, 0.3) is 0 Å². The first-order valence-electron chi connectivity index (χ1n) is 10.2. The smallest absolute Gasteiger partial charge is 0.270 e. The molecule has 10 heteroatoms. The molecule has 9 nitrogen and oxygen atoms in total. The van der Waals surface area contributed by atoms with Crippen LogP contribution in [0.5, 0.6) is 0 Å². The molecule has 1 N–H and O–H groups in total. The lowest BCUT2D eigenvalue weighted by Crippen LogP contribution is -2.54. The quantitative estimate of drug-likeness (QED) is 0.558. The van der Waals surface area contributed by atoms with Crippen molar-refractivity contribution in [2.45, 2.75) is 42.7 Å². The van der Waals surface area contributed by atoms with Gasteiger partial charge in [-0.3, -0.25) is 19.6 Å². The molecule has 2 aromatic carbocycles. The highest BCUT2D eigenvalue weighted by atomic mass is 32.2. The van der Waals surface area contributed by atoms with Gasteiger partial charge in [0.15, 0.2) is 0 Å². The number of fused-ring (bicyclic) bond motifs is 1. The predicted molar refractivity (Wildman–Crippen MR) is 113 cm³/mol. The first kappa shape index (κ1) is 21.3. The Morgan fingerprint density at radius 2 is 1.90 bits per heavy atom. The Balaban J connectivity index is 1.62. The molecular formula is C21H23N3O6S. The Morgan fingerprint density at radius 3 is 2.71 bits per heavy atom. The molecule has 1 aliphatic heterocycles. The van der Waals surface area contributed by atoms with E-state index in [2.05, 4.69) is 4.72 Å². The highest BCUT2D eigenvalue weighted by molar-refractivity contribution is 7.92. The van der Waals surface area contributed by atoms with E-state index in [1.54, 1.807) is 23.1 Å². The normalized spacial score (nSPS) is 21.2. The number of non-ortho nitro benzene ring substituents is 1. The summed E-state index contributed by atoms with van der Waals surface area (Å²) in [6.07, 6.45) is 3.88. The lowest BCUT2D eigenvalue weighted by molar-refractivity contribution is -0.385. The molecule has 1 saturated carbocycles. The summed E-state index contributed by atoms with van der Waals surface area (Å²) in [5, 5.41) is 11.0. The highest BCUT2D eigenvalue weighted by Crippen LogP contribution is 2.31. The van der Waals surface area contributed by atoms with Crippen LogP contribution < -0.4 is 4.72 Å². The fourth-order valence-corrected chi connectivity index (χ4v) is 5.35. The van der Waals surface area contributed by atoms with Gasteiger partial charge >= 0.3 is 0 Å². The van der Waals surface area contributed by atoms with E-state index in [1.807, 2.05) is 0 Å². The van der Waals surface area contributed by atoms with Gasteiger partial charge in [-0.15, -0.1) is 0 Å². The number of nitro benzene ring substituents is 1. The average Bonchev–Trinajstić information content (AvgIpc) is 2.78. The summed E-state index contributed by atoms with van der Waals surface area (Å²) in [6.45, 7) is 0.903. The van der Waals surface area contributed by atoms with Crippen molar-refractivity contribution >= 4 is 27.3 Å². The van der Waals surface area contributed by atoms with Crippen LogP contribution in [0.3, 0.4) is 0 Å². The molecule has 1 heterocycles. The summed E-state index contributed by atoms with van der Waals surface area (Å²) >= 11 is 0. The van der Waals surface area contributed by atoms with Gasteiger partial charge < -0.3 is 9.64 Å². The second-order valence-electron chi connectivity index (χ2n) is 7.67. The van der Waals surface area contributed by atoms with Gasteiger partial charge in [-0.05, 0) is 31.0 Å². The Hall–Kier alpha value is -2.98. The number of para-hydroxylation sites is 1. The molecule has 2 fully saturated rings. The zero-order chi connectivity index (χ0) is 22.0. The predicted octanol–water partition coefficient (Wildman–Crippen LogP) is 3.18. The van der Waals surface area contributed by atoms with E-state index in [4.69, 9.17) is 4.74 Å². The number of carbonyl (C=O) groups is 1. The van der Waals surface area contributed by atoms with Crippen molar-refractivity contribution in [2.24, 2.45) is 0 Å². The molecular weight excluding hydrogens is 422 g/mol. The molecule has 0 spiro atoms. The van der Waals surface area contributed by atoms with Gasteiger partial charge in [0, 0.05) is 18.7 Å². The monoisotopic (exact) mass is 445 g/mol. The number of benzene rings is 2. The fourth-order valence-electron chi connectivity index (χ4n) is 4.23. The zero-order valence-corrected chi connectivity index (χ0v) is 17.6. The van der Waals surface area contributed by atoms with E-state index in [0.29, 0.717) is 13.2 Å². The van der Waals surface area contributed by atoms with Crippen LogP contribution in [0.1, 0.15) is 36.0 Å². The highest BCUT2D eigenvalue weighted by Gasteiger charge is 2.37. The van der Waals surface area contributed by atoms with Gasteiger partial charge in [-0.2, -0.15) is 0 Å². The summed E-state index contributed by atoms with van der Waals surface area (Å²) < 4.78 is 34.0. The van der Waals surface area contributed by atoms with Crippen LogP contribution >= 0.6 is 0 Å². The van der Waals surface area contributed by atoms with Gasteiger partial charge in [0.25, 0.3) is 21.6 Å². The van der Waals surface area contributed by atoms with Crippen LogP contribution in [0.4, 0.5) is 11.4 Å². The van der Waals surface area contributed by atoms with Crippen LogP contribution in [-0.2, 0) is 14.8 Å². The molecule has 1 aliphatic carbocycles. The third-order valence-electron chi connectivity index (χ3n) is 5.73. The number of hydrogen-bond donors (Lipinski definition) is 1. The summed E-state index contributed by atoms with van der Waals surface area (Å²) in [5.41, 5.74) is 0.0458. The fraction of sp³-hybridized carbons (Fsp3) is 0.381. The van der Waals surface area contributed by atoms with Crippen molar-refractivity contribution in [3.8, 4) is 0 Å². The Kier molecular flexibility index (Phi) is 5.92. The van der Waals surface area contributed by atoms with Crippen molar-refractivity contribution in [1.82, 2.24) is 4.90 Å². The van der Waals surface area contributed by atoms with Crippen LogP contribution in [0.2, 0.25) is 0 Å². The maximum atomic E-state index is 13.4. The van der Waals surface area contributed by atoms with Gasteiger partial charge in [-0.25, -0.2) is 8.42 Å². The average molecular weight is 445 g/mol. The number of hydrogen-bond acceptors (Lipinski definition) is 6. The first-order valence-corrected chi connectivity index (χ1v) is 11.6. The van der Waals surface area contributed by atoms with Gasteiger partial charge in [0.2, 0.25) is 0 Å². The second kappa shape index (κ2) is 8.64. The number of rotatable bonds is 5. The van der Waals surface area contributed by atoms with Gasteiger partial charge in [0.05, 0.1) is 39.8 Å². The molecule has 31 heavy (non-hydrogen) atoms. The molecule has 0 radical (unpaired) electrons. The van der Waals surface area contributed by atoms with Crippen molar-refractivity contribution in [1.29, 1.82) is 0 Å². The summed E-state index contributed by atoms with van der Waals surface area (Å²) in [7, 11) is -4.13. The number of sulfonamides is 1. The number of morpholine rings is 1. The van der Waals surface area contributed by atoms with Crippen molar-refractivity contribution < 1.29 is 22.9 Å². The number of nitrogens with one attached hydrogen (secondary N) is 1. The van der Waals surface area contributed by atoms with Crippen LogP contribution in [-0.4, -0.2) is 49.4 Å². The van der Waals surface area contributed by atoms with E-state index in [-0.39, 0.29) is 39.9 Å². The van der Waals surface area contributed by atoms with E-state index >= 15 is 0 Å². The van der Waals surface area contributed by atoms with Crippen LogP contribution in [0, 0.1) is 10.1 Å². The maximum Gasteiger partial charge on any atom is 0.270 e. The van der Waals surface area contributed by atoms with Crippen molar-refractivity contribution in [3.63, 3.8) is 0 Å².